The van der Waals surface area contributed by atoms with E-state index in [1.165, 1.54) is 0 Å². The number of halogens is 8. The van der Waals surface area contributed by atoms with Gasteiger partial charge in [-0.2, -0.15) is 17.6 Å². The van der Waals surface area contributed by atoms with Gasteiger partial charge in [-0.1, -0.05) is 23.2 Å². The Kier molecular flexibility index (Phi) is 2.91. The fraction of sp³-hybridized carbons (Fsp3) is 1.00. The fourth-order valence-electron chi connectivity index (χ4n) is 0.161. The topological polar surface area (TPSA) is 0 Å². The summed E-state index contributed by atoms with van der Waals surface area (Å²) in [5.41, 5.74) is 0. The molecule has 0 aromatic rings. The fourth-order valence-corrected chi connectivity index (χ4v) is 0.625. The van der Waals surface area contributed by atoms with E-state index in [-0.39, 0.29) is 0 Å². The first-order valence-corrected chi connectivity index (χ1v) is 3.15. The Hall–Kier alpha value is 0.520. The van der Waals surface area contributed by atoms with Crippen molar-refractivity contribution < 1.29 is 22.0 Å². The van der Waals surface area contributed by atoms with Crippen molar-refractivity contribution in [2.24, 2.45) is 0 Å². The highest BCUT2D eigenvalue weighted by molar-refractivity contribution is 6.48. The van der Waals surface area contributed by atoms with E-state index in [0.717, 1.165) is 0 Å². The summed E-state index contributed by atoms with van der Waals surface area (Å²) in [6.07, 6.45) is 0. The monoisotopic (exact) mass is 236 g/mol. The zero-order valence-corrected chi connectivity index (χ0v) is 6.79. The molecule has 0 N–H and O–H groups in total. The van der Waals surface area contributed by atoms with Crippen molar-refractivity contribution in [3.8, 4) is 0 Å². The lowest BCUT2D eigenvalue weighted by molar-refractivity contribution is -0.187. The van der Waals surface area contributed by atoms with Crippen molar-refractivity contribution in [3.63, 3.8) is 0 Å². The van der Waals surface area contributed by atoms with Gasteiger partial charge < -0.3 is 0 Å². The Morgan fingerprint density at radius 1 is 0.727 bits per heavy atom. The Morgan fingerprint density at radius 3 is 1.00 bits per heavy atom. The predicted octanol–water partition coefficient (Wildman–Crippen LogP) is 3.55. The first kappa shape index (κ1) is 11.5. The summed E-state index contributed by atoms with van der Waals surface area (Å²) in [5, 5.41) is -5.12. The van der Waals surface area contributed by atoms with Gasteiger partial charge in [0.05, 0.1) is 0 Å². The van der Waals surface area contributed by atoms with Crippen molar-refractivity contribution in [2.45, 2.75) is 15.9 Å². The highest BCUT2D eigenvalue weighted by Crippen LogP contribution is 2.50. The molecule has 0 bridgehead atoms. The molecule has 0 atom stereocenters. The van der Waals surface area contributed by atoms with E-state index < -0.39 is 15.9 Å². The van der Waals surface area contributed by atoms with Crippen LogP contribution in [0.1, 0.15) is 0 Å². The van der Waals surface area contributed by atoms with Crippen LogP contribution in [0.25, 0.3) is 0 Å². The number of hydrogen-bond acceptors (Lipinski definition) is 0. The summed E-state index contributed by atoms with van der Waals surface area (Å²) in [5.74, 6) is -5.33. The van der Waals surface area contributed by atoms with Gasteiger partial charge >= 0.3 is 15.9 Å². The smallest absolute Gasteiger partial charge is 0.201 e. The number of hydrogen-bond donors (Lipinski definition) is 0. The minimum absolute atomic E-state index is 3.82. The summed E-state index contributed by atoms with van der Waals surface area (Å²) in [6.45, 7) is 0. The molecule has 0 nitrogen and oxygen atoms in total. The van der Waals surface area contributed by atoms with Crippen LogP contribution in [0.3, 0.4) is 0 Å². The van der Waals surface area contributed by atoms with Crippen LogP contribution in [0.4, 0.5) is 22.0 Å². The maximum Gasteiger partial charge on any atom is 0.390 e. The maximum absolute atomic E-state index is 11.9. The highest BCUT2D eigenvalue weighted by atomic mass is 35.5. The predicted molar refractivity (Wildman–Crippen MR) is 31.3 cm³/mol. The standard InChI is InChI=1S/C3Cl3F5/c4-2(5,9)1(7,8)3(6,10)11. The molecule has 0 spiro atoms. The summed E-state index contributed by atoms with van der Waals surface area (Å²) in [6, 6.07) is 0. The molecular formula is C3Cl3F5. The van der Waals surface area contributed by atoms with E-state index in [1.807, 2.05) is 0 Å². The van der Waals surface area contributed by atoms with Crippen LogP contribution < -0.4 is 0 Å². The molecule has 0 aromatic heterocycles. The first-order chi connectivity index (χ1) is 4.50. The lowest BCUT2D eigenvalue weighted by Crippen LogP contribution is -2.47. The van der Waals surface area contributed by atoms with Gasteiger partial charge in [-0.05, 0) is 11.6 Å². The zero-order chi connectivity index (χ0) is 9.50. The summed E-state index contributed by atoms with van der Waals surface area (Å²) in [4.78, 5) is 0. The van der Waals surface area contributed by atoms with Crippen LogP contribution in [0.15, 0.2) is 0 Å². The summed E-state index contributed by atoms with van der Waals surface area (Å²) < 4.78 is 54.5. The van der Waals surface area contributed by atoms with E-state index in [9.17, 15) is 22.0 Å². The zero-order valence-electron chi connectivity index (χ0n) is 4.52. The SMILES string of the molecule is FC(F)(Cl)C(F)(F)C(F)(Cl)Cl. The third-order valence-electron chi connectivity index (χ3n) is 0.712. The second-order valence-electron chi connectivity index (χ2n) is 1.57. The number of alkyl halides is 8. The van der Waals surface area contributed by atoms with Crippen LogP contribution in [-0.2, 0) is 0 Å². The highest BCUT2D eigenvalue weighted by Gasteiger charge is 2.69. The van der Waals surface area contributed by atoms with E-state index >= 15 is 0 Å². The molecule has 0 heterocycles. The normalized spacial score (nSPS) is 15.3. The van der Waals surface area contributed by atoms with Gasteiger partial charge in [0, 0.05) is 0 Å². The average molecular weight is 237 g/mol. The van der Waals surface area contributed by atoms with Gasteiger partial charge in [-0.25, -0.2) is 4.39 Å². The molecule has 0 saturated heterocycles. The van der Waals surface area contributed by atoms with Crippen LogP contribution in [0, 0.1) is 0 Å². The molecule has 0 saturated carbocycles. The molecule has 11 heavy (non-hydrogen) atoms. The van der Waals surface area contributed by atoms with E-state index in [0.29, 0.717) is 0 Å². The van der Waals surface area contributed by atoms with Crippen LogP contribution >= 0.6 is 34.8 Å². The second-order valence-corrected chi connectivity index (χ2v) is 3.28. The molecule has 0 aliphatic carbocycles. The maximum atomic E-state index is 11.9. The Morgan fingerprint density at radius 2 is 1.00 bits per heavy atom. The van der Waals surface area contributed by atoms with E-state index in [4.69, 9.17) is 0 Å². The lowest BCUT2D eigenvalue weighted by Gasteiger charge is -2.25. The molecule has 0 radical (unpaired) electrons. The quantitative estimate of drug-likeness (QED) is 0.509. The first-order valence-electron chi connectivity index (χ1n) is 2.01. The summed E-state index contributed by atoms with van der Waals surface area (Å²) >= 11 is 12.0. The molecule has 0 unspecified atom stereocenters. The Labute approximate surface area is 73.2 Å². The van der Waals surface area contributed by atoms with Gasteiger partial charge in [0.2, 0.25) is 0 Å². The Balaban J connectivity index is 4.75. The molecule has 68 valence electrons. The van der Waals surface area contributed by atoms with Gasteiger partial charge in [0.15, 0.2) is 0 Å². The van der Waals surface area contributed by atoms with Gasteiger partial charge in [-0.15, -0.1) is 0 Å². The van der Waals surface area contributed by atoms with Crippen molar-refractivity contribution in [3.05, 3.63) is 0 Å². The minimum Gasteiger partial charge on any atom is -0.201 e. The molecule has 0 aromatic carbocycles. The second kappa shape index (κ2) is 2.78. The molecule has 0 rings (SSSR count). The van der Waals surface area contributed by atoms with Crippen LogP contribution in [-0.4, -0.2) is 15.9 Å². The van der Waals surface area contributed by atoms with Crippen LogP contribution in [0.5, 0.6) is 0 Å². The van der Waals surface area contributed by atoms with Crippen LogP contribution in [0.2, 0.25) is 0 Å². The molecule has 0 aliphatic heterocycles. The van der Waals surface area contributed by atoms with Gasteiger partial charge in [0.25, 0.3) is 0 Å². The third kappa shape index (κ3) is 2.23. The van der Waals surface area contributed by atoms with Crippen molar-refractivity contribution in [2.75, 3.05) is 0 Å². The number of rotatable bonds is 2. The third-order valence-corrected chi connectivity index (χ3v) is 1.42. The van der Waals surface area contributed by atoms with Crippen molar-refractivity contribution in [1.82, 2.24) is 0 Å². The van der Waals surface area contributed by atoms with E-state index in [1.54, 1.807) is 0 Å². The van der Waals surface area contributed by atoms with E-state index in [2.05, 4.69) is 34.8 Å². The molecule has 0 aliphatic rings. The largest absolute Gasteiger partial charge is 0.390 e. The minimum atomic E-state index is -5.33. The molecule has 0 amide bonds. The van der Waals surface area contributed by atoms with Crippen molar-refractivity contribution in [1.29, 1.82) is 0 Å². The molecule has 0 fully saturated rings. The van der Waals surface area contributed by atoms with Gasteiger partial charge in [-0.3, -0.25) is 0 Å². The Bertz CT molecular complexity index is 128. The average Bonchev–Trinajstić information content (AvgIpc) is 1.58. The van der Waals surface area contributed by atoms with Crippen molar-refractivity contribution >= 4 is 34.8 Å². The summed E-state index contributed by atoms with van der Waals surface area (Å²) in [7, 11) is 0. The van der Waals surface area contributed by atoms with Gasteiger partial charge in [0.1, 0.15) is 0 Å². The lowest BCUT2D eigenvalue weighted by atomic mass is 10.4. The molecule has 8 heteroatoms. The molecular weight excluding hydrogens is 237 g/mol.